The van der Waals surface area contributed by atoms with E-state index in [0.29, 0.717) is 6.54 Å². The number of benzene rings is 3. The van der Waals surface area contributed by atoms with Crippen molar-refractivity contribution in [1.82, 2.24) is 14.7 Å². The van der Waals surface area contributed by atoms with Gasteiger partial charge in [-0.25, -0.2) is 4.98 Å². The molecule has 1 saturated heterocycles. The van der Waals surface area contributed by atoms with Crippen molar-refractivity contribution in [3.8, 4) is 0 Å². The first-order valence-electron chi connectivity index (χ1n) is 12.3. The van der Waals surface area contributed by atoms with Crippen LogP contribution >= 0.6 is 11.5 Å². The highest BCUT2D eigenvalue weighted by atomic mass is 32.1. The van der Waals surface area contributed by atoms with E-state index in [2.05, 4.69) is 51.0 Å². The summed E-state index contributed by atoms with van der Waals surface area (Å²) in [4.78, 5) is 20.4. The molecule has 1 fully saturated rings. The fourth-order valence-electron chi connectivity index (χ4n) is 4.67. The smallest absolute Gasteiger partial charge is 0.225 e. The predicted molar refractivity (Wildman–Crippen MR) is 142 cm³/mol. The zero-order valence-electron chi connectivity index (χ0n) is 19.7. The monoisotopic (exact) mass is 482 g/mol. The number of nitrogens with one attached hydrogen (secondary N) is 1. The Kier molecular flexibility index (Phi) is 7.49. The van der Waals surface area contributed by atoms with Crippen LogP contribution in [0.15, 0.2) is 91.0 Å². The molecule has 6 heteroatoms. The number of hydrogen-bond acceptors (Lipinski definition) is 5. The second-order valence-electron chi connectivity index (χ2n) is 9.10. The van der Waals surface area contributed by atoms with Gasteiger partial charge in [0, 0.05) is 31.0 Å². The zero-order valence-corrected chi connectivity index (χ0v) is 20.5. The highest BCUT2D eigenvalue weighted by molar-refractivity contribution is 7.09. The lowest BCUT2D eigenvalue weighted by atomic mass is 9.94. The normalized spacial score (nSPS) is 16.6. The molecule has 3 aromatic carbocycles. The second-order valence-corrected chi connectivity index (χ2v) is 9.83. The van der Waals surface area contributed by atoms with Gasteiger partial charge in [0.15, 0.2) is 0 Å². The minimum absolute atomic E-state index is 0.0551. The number of rotatable bonds is 8. The van der Waals surface area contributed by atoms with Crippen molar-refractivity contribution < 1.29 is 4.79 Å². The molecule has 1 aliphatic rings. The molecule has 5 nitrogen and oxygen atoms in total. The predicted octanol–water partition coefficient (Wildman–Crippen LogP) is 5.45. The third-order valence-corrected chi connectivity index (χ3v) is 7.34. The van der Waals surface area contributed by atoms with Gasteiger partial charge in [-0.15, -0.1) is 0 Å². The molecule has 1 aromatic heterocycles. The molecular weight excluding hydrogens is 452 g/mol. The van der Waals surface area contributed by atoms with Gasteiger partial charge in [-0.3, -0.25) is 4.79 Å². The number of amides is 1. The molecule has 0 radical (unpaired) electrons. The van der Waals surface area contributed by atoms with Crippen molar-refractivity contribution in [2.45, 2.75) is 31.7 Å². The van der Waals surface area contributed by atoms with Crippen LogP contribution in [0.5, 0.6) is 0 Å². The van der Waals surface area contributed by atoms with E-state index in [1.54, 1.807) is 0 Å². The molecule has 0 bridgehead atoms. The topological polar surface area (TPSA) is 58.1 Å². The third kappa shape index (κ3) is 6.14. The molecule has 2 unspecified atom stereocenters. The molecule has 1 amide bonds. The Labute approximate surface area is 211 Å². The van der Waals surface area contributed by atoms with E-state index in [4.69, 9.17) is 4.98 Å². The van der Waals surface area contributed by atoms with Crippen LogP contribution in [0.3, 0.4) is 0 Å². The van der Waals surface area contributed by atoms with Gasteiger partial charge in [-0.2, -0.15) is 4.37 Å². The summed E-state index contributed by atoms with van der Waals surface area (Å²) >= 11 is 1.43. The maximum absolute atomic E-state index is 13.4. The first-order valence-corrected chi connectivity index (χ1v) is 13.0. The van der Waals surface area contributed by atoms with Crippen LogP contribution in [0, 0.1) is 5.92 Å². The number of anilines is 1. The van der Waals surface area contributed by atoms with E-state index in [0.717, 1.165) is 48.7 Å². The molecule has 0 aliphatic carbocycles. The maximum atomic E-state index is 13.4. The SMILES string of the molecule is O=C(NC(Cc1ccccc1)c1ccccc1)C1CCCN(c2nc(Cc3ccccc3)ns2)C1. The number of carbonyl (C=O) groups excluding carboxylic acids is 1. The van der Waals surface area contributed by atoms with Crippen LogP contribution in [-0.4, -0.2) is 28.4 Å². The van der Waals surface area contributed by atoms with E-state index < -0.39 is 0 Å². The van der Waals surface area contributed by atoms with Crippen LogP contribution in [0.2, 0.25) is 0 Å². The van der Waals surface area contributed by atoms with Gasteiger partial charge in [0.1, 0.15) is 5.82 Å². The summed E-state index contributed by atoms with van der Waals surface area (Å²) in [7, 11) is 0. The van der Waals surface area contributed by atoms with Crippen LogP contribution in [0.4, 0.5) is 5.13 Å². The first-order chi connectivity index (χ1) is 17.2. The average molecular weight is 483 g/mol. The van der Waals surface area contributed by atoms with Crippen molar-refractivity contribution in [1.29, 1.82) is 0 Å². The highest BCUT2D eigenvalue weighted by Crippen LogP contribution is 2.27. The summed E-state index contributed by atoms with van der Waals surface area (Å²) in [6.45, 7) is 1.59. The molecule has 4 aromatic rings. The van der Waals surface area contributed by atoms with Crippen molar-refractivity contribution in [2.75, 3.05) is 18.0 Å². The lowest BCUT2D eigenvalue weighted by molar-refractivity contribution is -0.126. The Balaban J connectivity index is 1.25. The lowest BCUT2D eigenvalue weighted by Crippen LogP contribution is -2.44. The molecule has 35 heavy (non-hydrogen) atoms. The fourth-order valence-corrected chi connectivity index (χ4v) is 5.39. The number of aromatic nitrogens is 2. The van der Waals surface area contributed by atoms with Gasteiger partial charge in [0.25, 0.3) is 0 Å². The van der Waals surface area contributed by atoms with Crippen LogP contribution in [0.25, 0.3) is 0 Å². The Morgan fingerprint density at radius 3 is 2.31 bits per heavy atom. The average Bonchev–Trinajstić information content (AvgIpc) is 3.38. The Bertz CT molecular complexity index is 1210. The summed E-state index contributed by atoms with van der Waals surface area (Å²) in [5.41, 5.74) is 3.55. The van der Waals surface area contributed by atoms with Crippen molar-refractivity contribution in [3.63, 3.8) is 0 Å². The highest BCUT2D eigenvalue weighted by Gasteiger charge is 2.29. The van der Waals surface area contributed by atoms with E-state index in [9.17, 15) is 4.79 Å². The summed E-state index contributed by atoms with van der Waals surface area (Å²) < 4.78 is 4.58. The molecule has 0 spiro atoms. The van der Waals surface area contributed by atoms with E-state index >= 15 is 0 Å². The van der Waals surface area contributed by atoms with Gasteiger partial charge in [0.2, 0.25) is 11.0 Å². The summed E-state index contributed by atoms with van der Waals surface area (Å²) in [6, 6.07) is 30.9. The summed E-state index contributed by atoms with van der Waals surface area (Å²) in [5.74, 6) is 0.899. The van der Waals surface area contributed by atoms with E-state index in [-0.39, 0.29) is 17.9 Å². The van der Waals surface area contributed by atoms with Crippen LogP contribution in [0.1, 0.15) is 41.4 Å². The first kappa shape index (κ1) is 23.2. The lowest BCUT2D eigenvalue weighted by Gasteiger charge is -2.32. The minimum atomic E-state index is -0.0628. The molecule has 2 heterocycles. The Hall–Kier alpha value is -3.51. The van der Waals surface area contributed by atoms with Crippen molar-refractivity contribution in [3.05, 3.63) is 114 Å². The minimum Gasteiger partial charge on any atom is -0.349 e. The number of piperidine rings is 1. The molecular formula is C29H30N4OS. The second kappa shape index (κ2) is 11.3. The van der Waals surface area contributed by atoms with Gasteiger partial charge < -0.3 is 10.2 Å². The van der Waals surface area contributed by atoms with Crippen molar-refractivity contribution >= 4 is 22.6 Å². The quantitative estimate of drug-likeness (QED) is 0.363. The van der Waals surface area contributed by atoms with Gasteiger partial charge in [0.05, 0.1) is 12.0 Å². The van der Waals surface area contributed by atoms with Gasteiger partial charge in [-0.05, 0) is 36.0 Å². The number of carbonyl (C=O) groups is 1. The Morgan fingerprint density at radius 2 is 1.60 bits per heavy atom. The molecule has 1 aliphatic heterocycles. The van der Waals surface area contributed by atoms with Crippen LogP contribution in [-0.2, 0) is 17.6 Å². The fraction of sp³-hybridized carbons (Fsp3) is 0.276. The zero-order chi connectivity index (χ0) is 23.9. The van der Waals surface area contributed by atoms with Crippen LogP contribution < -0.4 is 10.2 Å². The summed E-state index contributed by atoms with van der Waals surface area (Å²) in [6.07, 6.45) is 3.37. The third-order valence-electron chi connectivity index (χ3n) is 6.53. The number of hydrogen-bond donors (Lipinski definition) is 1. The molecule has 1 N–H and O–H groups in total. The molecule has 0 saturated carbocycles. The van der Waals surface area contributed by atoms with Gasteiger partial charge >= 0.3 is 0 Å². The number of nitrogens with zero attached hydrogens (tertiary/aromatic N) is 3. The van der Waals surface area contributed by atoms with Gasteiger partial charge in [-0.1, -0.05) is 91.0 Å². The summed E-state index contributed by atoms with van der Waals surface area (Å²) in [5, 5.41) is 4.28. The largest absolute Gasteiger partial charge is 0.349 e. The van der Waals surface area contributed by atoms with E-state index in [1.165, 1.54) is 22.7 Å². The van der Waals surface area contributed by atoms with E-state index in [1.807, 2.05) is 54.6 Å². The molecule has 5 rings (SSSR count). The Morgan fingerprint density at radius 1 is 0.943 bits per heavy atom. The molecule has 178 valence electrons. The maximum Gasteiger partial charge on any atom is 0.225 e. The molecule has 2 atom stereocenters. The standard InChI is InChI=1S/C29H30N4OS/c34-28(30-26(24-15-8-3-9-16-24)19-22-11-4-1-5-12-22)25-17-10-18-33(21-25)29-31-27(32-35-29)20-23-13-6-2-7-14-23/h1-9,11-16,25-26H,10,17-21H2,(H,30,34). The van der Waals surface area contributed by atoms with Crippen molar-refractivity contribution in [2.24, 2.45) is 5.92 Å².